The number of thiophene rings is 1. The van der Waals surface area contributed by atoms with Gasteiger partial charge >= 0.3 is 5.97 Å². The molecule has 142 valence electrons. The number of nitrogens with one attached hydrogen (secondary N) is 1. The number of benzene rings is 1. The Morgan fingerprint density at radius 3 is 2.78 bits per heavy atom. The first-order chi connectivity index (χ1) is 13.0. The molecule has 0 bridgehead atoms. The summed E-state index contributed by atoms with van der Waals surface area (Å²) in [6.45, 7) is 4.31. The van der Waals surface area contributed by atoms with Crippen molar-refractivity contribution in [1.29, 1.82) is 0 Å². The van der Waals surface area contributed by atoms with Gasteiger partial charge in [0.15, 0.2) is 0 Å². The highest BCUT2D eigenvalue weighted by atomic mass is 79.9. The number of ether oxygens (including phenoxy) is 1. The van der Waals surface area contributed by atoms with E-state index in [0.29, 0.717) is 27.6 Å². The van der Waals surface area contributed by atoms with Gasteiger partial charge in [0, 0.05) is 4.88 Å². The molecule has 3 rings (SSSR count). The van der Waals surface area contributed by atoms with Crippen LogP contribution in [0.5, 0.6) is 0 Å². The zero-order chi connectivity index (χ0) is 19.4. The molecule has 1 aliphatic rings. The number of carbonyl (C=O) groups is 2. The van der Waals surface area contributed by atoms with Gasteiger partial charge in [-0.3, -0.25) is 4.79 Å². The minimum atomic E-state index is -0.358. The Hall–Kier alpha value is -1.92. The van der Waals surface area contributed by atoms with E-state index in [1.165, 1.54) is 16.2 Å². The maximum absolute atomic E-state index is 12.7. The van der Waals surface area contributed by atoms with Crippen molar-refractivity contribution < 1.29 is 14.3 Å². The summed E-state index contributed by atoms with van der Waals surface area (Å²) in [5.41, 5.74) is 2.48. The average molecular weight is 448 g/mol. The summed E-state index contributed by atoms with van der Waals surface area (Å²) in [4.78, 5) is 26.4. The Kier molecular flexibility index (Phi) is 6.50. The molecule has 0 saturated carbocycles. The van der Waals surface area contributed by atoms with Gasteiger partial charge in [0.2, 0.25) is 0 Å². The first-order valence-corrected chi connectivity index (χ1v) is 10.7. The summed E-state index contributed by atoms with van der Waals surface area (Å²) in [7, 11) is 0. The minimum absolute atomic E-state index is 0.281. The van der Waals surface area contributed by atoms with Crippen molar-refractivity contribution in [3.05, 3.63) is 56.4 Å². The number of anilines is 1. The first-order valence-electron chi connectivity index (χ1n) is 9.04. The molecule has 0 fully saturated rings. The molecule has 1 atom stereocenters. The van der Waals surface area contributed by atoms with Crippen molar-refractivity contribution in [2.24, 2.45) is 5.92 Å². The molecule has 1 amide bonds. The van der Waals surface area contributed by atoms with Crippen LogP contribution in [0.1, 0.15) is 46.6 Å². The Labute approximate surface area is 171 Å². The fourth-order valence-electron chi connectivity index (χ4n) is 3.18. The third kappa shape index (κ3) is 4.68. The highest BCUT2D eigenvalue weighted by Gasteiger charge is 2.29. The molecule has 1 heterocycles. The zero-order valence-corrected chi connectivity index (χ0v) is 17.8. The predicted molar refractivity (Wildman–Crippen MR) is 113 cm³/mol. The summed E-state index contributed by atoms with van der Waals surface area (Å²) in [6, 6.07) is 9.59. The second-order valence-corrected chi connectivity index (χ2v) is 8.59. The molecule has 2 aromatic rings. The lowest BCUT2D eigenvalue weighted by Gasteiger charge is -2.18. The van der Waals surface area contributed by atoms with Crippen molar-refractivity contribution >= 4 is 50.2 Å². The molecule has 0 spiro atoms. The van der Waals surface area contributed by atoms with Crippen molar-refractivity contribution in [2.45, 2.75) is 33.1 Å². The standard InChI is InChI=1S/C21H22BrNO3S/c1-3-26-21(25)18-15-10-9-13(2)11-17(15)27-20(18)23-19(24)16(22)12-14-7-5-4-6-8-14/h4-8,12-13H,3,9-11H2,1-2H3,(H,23,24)/b16-12-/t13-/m0/s1. The number of halogens is 1. The molecule has 1 aromatic carbocycles. The Morgan fingerprint density at radius 2 is 2.07 bits per heavy atom. The van der Waals surface area contributed by atoms with E-state index in [9.17, 15) is 9.59 Å². The van der Waals surface area contributed by atoms with Gasteiger partial charge in [0.1, 0.15) is 5.00 Å². The van der Waals surface area contributed by atoms with E-state index in [4.69, 9.17) is 4.74 Å². The van der Waals surface area contributed by atoms with Crippen LogP contribution in [0.2, 0.25) is 0 Å². The number of carbonyl (C=O) groups excluding carboxylic acids is 2. The minimum Gasteiger partial charge on any atom is -0.462 e. The maximum atomic E-state index is 12.7. The number of fused-ring (bicyclic) bond motifs is 1. The van der Waals surface area contributed by atoms with Crippen LogP contribution in [-0.4, -0.2) is 18.5 Å². The van der Waals surface area contributed by atoms with Crippen LogP contribution in [0.25, 0.3) is 6.08 Å². The predicted octanol–water partition coefficient (Wildman–Crippen LogP) is 5.42. The van der Waals surface area contributed by atoms with E-state index >= 15 is 0 Å². The van der Waals surface area contributed by atoms with E-state index in [0.717, 1.165) is 30.4 Å². The number of rotatable bonds is 5. The number of amides is 1. The third-order valence-electron chi connectivity index (χ3n) is 4.53. The molecule has 0 radical (unpaired) electrons. The summed E-state index contributed by atoms with van der Waals surface area (Å²) in [5.74, 6) is -0.0569. The third-order valence-corrected chi connectivity index (χ3v) is 6.29. The van der Waals surface area contributed by atoms with Gasteiger partial charge in [-0.1, -0.05) is 37.3 Å². The van der Waals surface area contributed by atoms with E-state index in [1.54, 1.807) is 13.0 Å². The van der Waals surface area contributed by atoms with Crippen LogP contribution >= 0.6 is 27.3 Å². The molecule has 6 heteroatoms. The van der Waals surface area contributed by atoms with Crippen molar-refractivity contribution in [3.8, 4) is 0 Å². The van der Waals surface area contributed by atoms with Crippen molar-refractivity contribution in [3.63, 3.8) is 0 Å². The Morgan fingerprint density at radius 1 is 1.33 bits per heavy atom. The van der Waals surface area contributed by atoms with Gasteiger partial charge in [0.25, 0.3) is 5.91 Å². The lowest BCUT2D eigenvalue weighted by atomic mass is 9.88. The summed E-state index contributed by atoms with van der Waals surface area (Å²) >= 11 is 4.84. The van der Waals surface area contributed by atoms with Crippen LogP contribution in [0.15, 0.2) is 34.8 Å². The first kappa shape index (κ1) is 19.8. The molecule has 1 N–H and O–H groups in total. The number of esters is 1. The SMILES string of the molecule is CCOC(=O)c1c(NC(=O)/C(Br)=C/c2ccccc2)sc2c1CC[C@H](C)C2. The monoisotopic (exact) mass is 447 g/mol. The smallest absolute Gasteiger partial charge is 0.341 e. The summed E-state index contributed by atoms with van der Waals surface area (Å²) in [5, 5.41) is 3.49. The molecule has 0 unspecified atom stereocenters. The van der Waals surface area contributed by atoms with Gasteiger partial charge in [-0.15, -0.1) is 11.3 Å². The van der Waals surface area contributed by atoms with Crippen LogP contribution in [0.4, 0.5) is 5.00 Å². The highest BCUT2D eigenvalue weighted by Crippen LogP contribution is 2.40. The Balaban J connectivity index is 1.88. The zero-order valence-electron chi connectivity index (χ0n) is 15.4. The summed E-state index contributed by atoms with van der Waals surface area (Å²) in [6.07, 6.45) is 4.58. The molecule has 4 nitrogen and oxygen atoms in total. The fourth-order valence-corrected chi connectivity index (χ4v) is 4.94. The molecule has 1 aliphatic carbocycles. The van der Waals surface area contributed by atoms with Gasteiger partial charge in [-0.25, -0.2) is 4.79 Å². The quantitative estimate of drug-likeness (QED) is 0.491. The van der Waals surface area contributed by atoms with Gasteiger partial charge in [0.05, 0.1) is 16.7 Å². The number of hydrogen-bond acceptors (Lipinski definition) is 4. The van der Waals surface area contributed by atoms with E-state index < -0.39 is 0 Å². The van der Waals surface area contributed by atoms with E-state index in [2.05, 4.69) is 28.2 Å². The van der Waals surface area contributed by atoms with Crippen LogP contribution in [0.3, 0.4) is 0 Å². The molecule has 1 aromatic heterocycles. The fraction of sp³-hybridized carbons (Fsp3) is 0.333. The lowest BCUT2D eigenvalue weighted by Crippen LogP contribution is -2.16. The second kappa shape index (κ2) is 8.85. The van der Waals surface area contributed by atoms with Crippen molar-refractivity contribution in [2.75, 3.05) is 11.9 Å². The largest absolute Gasteiger partial charge is 0.462 e. The molecular weight excluding hydrogens is 426 g/mol. The molecule has 0 saturated heterocycles. The topological polar surface area (TPSA) is 55.4 Å². The Bertz CT molecular complexity index is 873. The maximum Gasteiger partial charge on any atom is 0.341 e. The summed E-state index contributed by atoms with van der Waals surface area (Å²) < 4.78 is 5.65. The highest BCUT2D eigenvalue weighted by molar-refractivity contribution is 9.12. The average Bonchev–Trinajstić information content (AvgIpc) is 2.99. The number of hydrogen-bond donors (Lipinski definition) is 1. The van der Waals surface area contributed by atoms with Gasteiger partial charge in [-0.2, -0.15) is 0 Å². The molecule has 27 heavy (non-hydrogen) atoms. The molecular formula is C21H22BrNO3S. The molecule has 0 aliphatic heterocycles. The van der Waals surface area contributed by atoms with E-state index in [-0.39, 0.29) is 11.9 Å². The van der Waals surface area contributed by atoms with E-state index in [1.807, 2.05) is 30.3 Å². The van der Waals surface area contributed by atoms with Crippen LogP contribution < -0.4 is 5.32 Å². The van der Waals surface area contributed by atoms with Crippen molar-refractivity contribution in [1.82, 2.24) is 0 Å². The van der Waals surface area contributed by atoms with Gasteiger partial charge < -0.3 is 10.1 Å². The normalized spacial score (nSPS) is 16.6. The lowest BCUT2D eigenvalue weighted by molar-refractivity contribution is -0.112. The van der Waals surface area contributed by atoms with Crippen LogP contribution in [0, 0.1) is 5.92 Å². The second-order valence-electron chi connectivity index (χ2n) is 6.63. The van der Waals surface area contributed by atoms with Gasteiger partial charge in [-0.05, 0) is 65.2 Å². The van der Waals surface area contributed by atoms with Crippen LogP contribution in [-0.2, 0) is 22.4 Å².